The van der Waals surface area contributed by atoms with Crippen molar-refractivity contribution >= 4 is 40.6 Å². The van der Waals surface area contributed by atoms with E-state index in [-0.39, 0.29) is 5.52 Å². The summed E-state index contributed by atoms with van der Waals surface area (Å²) in [5.74, 6) is -2.75. The second kappa shape index (κ2) is 10.5. The van der Waals surface area contributed by atoms with Crippen molar-refractivity contribution in [2.24, 2.45) is 0 Å². The Bertz CT molecular complexity index is 1320. The minimum Gasteiger partial charge on any atom is -0.375 e. The molecule has 0 amide bonds. The topological polar surface area (TPSA) is 279 Å². The molecule has 18 nitrogen and oxygen atoms in total. The number of nitrogens with two attached hydrogens (primary N) is 1. The molecule has 0 bridgehead atoms. The van der Waals surface area contributed by atoms with Gasteiger partial charge in [-0.15, -0.1) is 6.42 Å². The molecule has 2 rings (SSSR count). The number of ether oxygens (including phenoxy) is 1. The number of imidazole rings is 1. The molecule has 0 aromatic carbocycles. The van der Waals surface area contributed by atoms with E-state index in [4.69, 9.17) is 31.6 Å². The van der Waals surface area contributed by atoms with Gasteiger partial charge in [0.15, 0.2) is 23.5 Å². The summed E-state index contributed by atoms with van der Waals surface area (Å²) in [5.41, 5.74) is 3.76. The van der Waals surface area contributed by atoms with Crippen LogP contribution in [0.4, 0.5) is 14.7 Å². The van der Waals surface area contributed by atoms with Crippen LogP contribution in [0.15, 0.2) is 11.1 Å². The standard InChI is InChI=1S/C12H16F2N5O13P3/c1-2-6(20)12(14,4-29-34(25,26)32-35(27,28)31-33(22,23)24)30-7(3-13)19-5-16-8-9(19)17-11(15)18-10(8)21/h1,5-7,20H,3-4H2,(H,25,26)(H,27,28)(H2,22,23,24)(H3,15,17,18,21)/t6-,7+,12+/m0/s1. The molecular weight excluding hydrogens is 553 g/mol. The molecule has 0 saturated carbocycles. The number of phosphoric ester groups is 1. The normalized spacial score (nSPS) is 19.3. The average molecular weight is 569 g/mol. The molecule has 23 heteroatoms. The first-order chi connectivity index (χ1) is 15.9. The number of rotatable bonds is 12. The molecule has 0 saturated heterocycles. The predicted octanol–water partition coefficient (Wildman–Crippen LogP) is -0.810. The third-order valence-corrected chi connectivity index (χ3v) is 7.41. The number of H-pyrrole nitrogens is 1. The van der Waals surface area contributed by atoms with Crippen LogP contribution >= 0.6 is 23.5 Å². The molecule has 2 unspecified atom stereocenters. The SMILES string of the molecule is C#C[C@H](O)[C@@](F)(COP(=O)(O)OP(=O)(O)OP(=O)(O)O)O[C@H](CF)n1cnc2c(=O)[nH]c(N)nc21. The Labute approximate surface area is 192 Å². The van der Waals surface area contributed by atoms with Crippen LogP contribution in [0, 0.1) is 12.3 Å². The summed E-state index contributed by atoms with van der Waals surface area (Å²) in [6, 6.07) is 0. The minimum absolute atomic E-state index is 0.378. The third kappa shape index (κ3) is 7.69. The molecule has 2 aromatic rings. The van der Waals surface area contributed by atoms with Crippen LogP contribution in [0.3, 0.4) is 0 Å². The molecule has 0 spiro atoms. The number of aliphatic hydroxyl groups excluding tert-OH is 1. The molecule has 5 atom stereocenters. The van der Waals surface area contributed by atoms with E-state index in [0.717, 1.165) is 6.33 Å². The van der Waals surface area contributed by atoms with Crippen LogP contribution in [-0.4, -0.2) is 69.4 Å². The van der Waals surface area contributed by atoms with Crippen molar-refractivity contribution in [3.63, 3.8) is 0 Å². The summed E-state index contributed by atoms with van der Waals surface area (Å²) < 4.78 is 79.4. The van der Waals surface area contributed by atoms with Crippen molar-refractivity contribution in [2.45, 2.75) is 18.2 Å². The fourth-order valence-electron chi connectivity index (χ4n) is 2.32. The number of aromatic amines is 1. The van der Waals surface area contributed by atoms with Gasteiger partial charge in [-0.1, -0.05) is 5.92 Å². The molecule has 8 N–H and O–H groups in total. The van der Waals surface area contributed by atoms with Gasteiger partial charge in [-0.05, 0) is 0 Å². The summed E-state index contributed by atoms with van der Waals surface area (Å²) in [7, 11) is -17.5. The Morgan fingerprint density at radius 1 is 1.26 bits per heavy atom. The molecule has 0 aliphatic rings. The van der Waals surface area contributed by atoms with Crippen molar-refractivity contribution in [2.75, 3.05) is 19.0 Å². The van der Waals surface area contributed by atoms with Crippen molar-refractivity contribution in [1.82, 2.24) is 19.5 Å². The minimum atomic E-state index is -5.95. The summed E-state index contributed by atoms with van der Waals surface area (Å²) in [5, 5.41) is 9.80. The van der Waals surface area contributed by atoms with Crippen LogP contribution in [0.25, 0.3) is 11.2 Å². The van der Waals surface area contributed by atoms with Crippen molar-refractivity contribution in [1.29, 1.82) is 0 Å². The van der Waals surface area contributed by atoms with E-state index in [9.17, 15) is 32.9 Å². The number of halogens is 2. The lowest BCUT2D eigenvalue weighted by Crippen LogP contribution is -2.46. The molecular formula is C12H16F2N5O13P3. The number of terminal acetylenes is 1. The number of phosphoric acid groups is 3. The Balaban J connectivity index is 2.31. The Morgan fingerprint density at radius 2 is 1.89 bits per heavy atom. The molecule has 2 aromatic heterocycles. The number of fused-ring (bicyclic) bond motifs is 1. The molecule has 2 heterocycles. The highest BCUT2D eigenvalue weighted by Crippen LogP contribution is 2.66. The van der Waals surface area contributed by atoms with Crippen molar-refractivity contribution in [3.8, 4) is 12.3 Å². The van der Waals surface area contributed by atoms with Gasteiger partial charge in [-0.25, -0.2) is 27.5 Å². The van der Waals surface area contributed by atoms with E-state index in [2.05, 4.69) is 28.1 Å². The van der Waals surface area contributed by atoms with E-state index >= 15 is 4.39 Å². The number of aromatic nitrogens is 4. The lowest BCUT2D eigenvalue weighted by atomic mass is 10.2. The fraction of sp³-hybridized carbons (Fsp3) is 0.417. The van der Waals surface area contributed by atoms with Gasteiger partial charge in [-0.2, -0.15) is 13.6 Å². The molecule has 0 aliphatic heterocycles. The van der Waals surface area contributed by atoms with E-state index in [1.54, 1.807) is 0 Å². The second-order valence-electron chi connectivity index (χ2n) is 6.22. The van der Waals surface area contributed by atoms with Gasteiger partial charge in [-0.3, -0.25) is 18.9 Å². The van der Waals surface area contributed by atoms with E-state index in [0.29, 0.717) is 4.57 Å². The number of aliphatic hydroxyl groups is 1. The number of nitrogens with zero attached hydrogens (tertiary/aromatic N) is 3. The van der Waals surface area contributed by atoms with Gasteiger partial charge in [0, 0.05) is 0 Å². The molecule has 0 radical (unpaired) electrons. The second-order valence-corrected chi connectivity index (χ2v) is 10.6. The Hall–Kier alpha value is -2.10. The van der Waals surface area contributed by atoms with Crippen LogP contribution < -0.4 is 11.3 Å². The smallest absolute Gasteiger partial charge is 0.375 e. The highest BCUT2D eigenvalue weighted by atomic mass is 31.3. The van der Waals surface area contributed by atoms with Gasteiger partial charge in [0.05, 0.1) is 6.33 Å². The van der Waals surface area contributed by atoms with Gasteiger partial charge in [0.1, 0.15) is 13.3 Å². The number of alkyl halides is 2. The molecule has 35 heavy (non-hydrogen) atoms. The summed E-state index contributed by atoms with van der Waals surface area (Å²) in [6.45, 7) is -3.49. The van der Waals surface area contributed by atoms with Gasteiger partial charge in [0.25, 0.3) is 11.4 Å². The molecule has 0 aliphatic carbocycles. The zero-order valence-electron chi connectivity index (χ0n) is 16.7. The monoisotopic (exact) mass is 569 g/mol. The number of nitrogens with one attached hydrogen (secondary N) is 1. The summed E-state index contributed by atoms with van der Waals surface area (Å²) in [4.78, 5) is 56.9. The zero-order valence-corrected chi connectivity index (χ0v) is 19.4. The van der Waals surface area contributed by atoms with Crippen molar-refractivity contribution in [3.05, 3.63) is 16.7 Å². The first-order valence-corrected chi connectivity index (χ1v) is 13.0. The van der Waals surface area contributed by atoms with E-state index < -0.39 is 72.1 Å². The molecule has 196 valence electrons. The summed E-state index contributed by atoms with van der Waals surface area (Å²) in [6.07, 6.45) is 0.953. The van der Waals surface area contributed by atoms with Crippen LogP contribution in [0.5, 0.6) is 0 Å². The van der Waals surface area contributed by atoms with Crippen LogP contribution in [0.2, 0.25) is 0 Å². The molecule has 0 fully saturated rings. The predicted molar refractivity (Wildman–Crippen MR) is 107 cm³/mol. The first-order valence-electron chi connectivity index (χ1n) is 8.49. The average Bonchev–Trinajstić information content (AvgIpc) is 3.11. The lowest BCUT2D eigenvalue weighted by molar-refractivity contribution is -0.252. The highest BCUT2D eigenvalue weighted by Gasteiger charge is 2.47. The number of hydrogen-bond donors (Lipinski definition) is 7. The highest BCUT2D eigenvalue weighted by molar-refractivity contribution is 7.66. The van der Waals surface area contributed by atoms with Gasteiger partial charge in [0.2, 0.25) is 5.95 Å². The van der Waals surface area contributed by atoms with E-state index in [1.807, 2.05) is 0 Å². The van der Waals surface area contributed by atoms with Gasteiger partial charge < -0.3 is 35.2 Å². The maximum atomic E-state index is 15.4. The number of nitrogen functional groups attached to an aromatic ring is 1. The van der Waals surface area contributed by atoms with Gasteiger partial charge >= 0.3 is 23.5 Å². The Kier molecular flexibility index (Phi) is 8.73. The van der Waals surface area contributed by atoms with Crippen LogP contribution in [-0.2, 0) is 31.6 Å². The quantitative estimate of drug-likeness (QED) is 0.122. The van der Waals surface area contributed by atoms with E-state index in [1.165, 1.54) is 5.92 Å². The first kappa shape index (κ1) is 29.1. The lowest BCUT2D eigenvalue weighted by Gasteiger charge is -2.31. The maximum Gasteiger partial charge on any atom is 0.490 e. The summed E-state index contributed by atoms with van der Waals surface area (Å²) >= 11 is 0. The van der Waals surface area contributed by atoms with Crippen LogP contribution in [0.1, 0.15) is 6.23 Å². The number of hydrogen-bond acceptors (Lipinski definition) is 12. The fourth-order valence-corrected chi connectivity index (χ4v) is 5.35. The largest absolute Gasteiger partial charge is 0.490 e. The number of anilines is 1. The maximum absolute atomic E-state index is 15.4. The third-order valence-electron chi connectivity index (χ3n) is 3.63. The Morgan fingerprint density at radius 3 is 2.43 bits per heavy atom. The van der Waals surface area contributed by atoms with Crippen molar-refractivity contribution < 1.29 is 65.0 Å². The zero-order chi connectivity index (χ0) is 26.8.